The van der Waals surface area contributed by atoms with Gasteiger partial charge in [-0.15, -0.1) is 0 Å². The van der Waals surface area contributed by atoms with Crippen molar-refractivity contribution in [2.24, 2.45) is 0 Å². The molecule has 2 aromatic carbocycles. The molecule has 0 saturated carbocycles. The first kappa shape index (κ1) is 16.2. The van der Waals surface area contributed by atoms with Gasteiger partial charge in [0.2, 0.25) is 0 Å². The maximum absolute atomic E-state index is 8.36. The van der Waals surface area contributed by atoms with E-state index in [0.29, 0.717) is 0 Å². The third-order valence-electron chi connectivity index (χ3n) is 4.00. The Balaban J connectivity index is 0.000000545. The predicted molar refractivity (Wildman–Crippen MR) is 87.1 cm³/mol. The summed E-state index contributed by atoms with van der Waals surface area (Å²) < 4.78 is 6.01. The summed E-state index contributed by atoms with van der Waals surface area (Å²) >= 11 is 0. The lowest BCUT2D eigenvalue weighted by molar-refractivity contribution is -0.122. The van der Waals surface area contributed by atoms with Gasteiger partial charge in [0.15, 0.2) is 0 Å². The average molecular weight is 298 g/mol. The number of rotatable bonds is 3. The zero-order chi connectivity index (χ0) is 15.8. The lowest BCUT2D eigenvalue weighted by atomic mass is 9.91. The van der Waals surface area contributed by atoms with Gasteiger partial charge >= 0.3 is 0 Å². The molecule has 1 atom stereocenters. The first-order chi connectivity index (χ1) is 10.8. The molecule has 22 heavy (non-hydrogen) atoms. The summed E-state index contributed by atoms with van der Waals surface area (Å²) in [6.07, 6.45) is 3.34. The van der Waals surface area contributed by atoms with E-state index in [1.807, 2.05) is 0 Å². The number of aryl methyl sites for hydroxylation is 1. The van der Waals surface area contributed by atoms with E-state index >= 15 is 0 Å². The molecule has 3 nitrogen and oxygen atoms in total. The summed E-state index contributed by atoms with van der Waals surface area (Å²) in [4.78, 5) is 8.36. The molecule has 0 aromatic heterocycles. The van der Waals surface area contributed by atoms with Crippen LogP contribution in [0.4, 0.5) is 0 Å². The average Bonchev–Trinajstić information content (AvgIpc) is 2.56. The Morgan fingerprint density at radius 1 is 1.14 bits per heavy atom. The van der Waals surface area contributed by atoms with Gasteiger partial charge in [-0.25, -0.2) is 0 Å². The van der Waals surface area contributed by atoms with Gasteiger partial charge in [0.1, 0.15) is 0 Å². The van der Waals surface area contributed by atoms with E-state index in [1.54, 1.807) is 0 Å². The Morgan fingerprint density at radius 3 is 2.50 bits per heavy atom. The Kier molecular flexibility index (Phi) is 6.16. The molecule has 0 aliphatic carbocycles. The Morgan fingerprint density at radius 2 is 1.77 bits per heavy atom. The fourth-order valence-corrected chi connectivity index (χ4v) is 2.95. The summed E-state index contributed by atoms with van der Waals surface area (Å²) in [5, 5.41) is 6.89. The minimum absolute atomic E-state index is 0.220. The van der Waals surface area contributed by atoms with Gasteiger partial charge in [-0.05, 0) is 35.1 Å². The molecule has 116 valence electrons. The molecule has 1 heterocycles. The van der Waals surface area contributed by atoms with E-state index in [-0.39, 0.29) is 12.6 Å². The van der Waals surface area contributed by atoms with E-state index in [0.717, 1.165) is 25.9 Å². The van der Waals surface area contributed by atoms with Crippen LogP contribution in [0.5, 0.6) is 0 Å². The first-order valence-electron chi connectivity index (χ1n) is 7.64. The lowest BCUT2D eigenvalue weighted by Gasteiger charge is -2.26. The van der Waals surface area contributed by atoms with Crippen molar-refractivity contribution in [1.29, 1.82) is 0 Å². The smallest absolute Gasteiger partial charge is 0.290 e. The van der Waals surface area contributed by atoms with E-state index in [4.69, 9.17) is 14.6 Å². The second-order valence-corrected chi connectivity index (χ2v) is 5.24. The van der Waals surface area contributed by atoms with Crippen molar-refractivity contribution in [2.45, 2.75) is 32.3 Å². The second-order valence-electron chi connectivity index (χ2n) is 5.24. The van der Waals surface area contributed by atoms with Crippen LogP contribution in [0.15, 0.2) is 48.5 Å². The molecule has 0 radical (unpaired) electrons. The van der Waals surface area contributed by atoms with Gasteiger partial charge in [-0.3, -0.25) is 4.79 Å². The van der Waals surface area contributed by atoms with Crippen molar-refractivity contribution >= 4 is 6.47 Å². The van der Waals surface area contributed by atoms with Crippen molar-refractivity contribution < 1.29 is 14.6 Å². The number of benzene rings is 2. The summed E-state index contributed by atoms with van der Waals surface area (Å²) in [6.45, 7) is 2.81. The molecule has 2 aromatic rings. The van der Waals surface area contributed by atoms with Crippen molar-refractivity contribution in [1.82, 2.24) is 0 Å². The lowest BCUT2D eigenvalue weighted by Crippen LogP contribution is -2.18. The van der Waals surface area contributed by atoms with Crippen LogP contribution in [0.25, 0.3) is 0 Å². The number of hydrogen-bond donors (Lipinski definition) is 1. The van der Waals surface area contributed by atoms with Crippen LogP contribution >= 0.6 is 0 Å². The van der Waals surface area contributed by atoms with Crippen molar-refractivity contribution in [2.75, 3.05) is 6.61 Å². The molecular weight excluding hydrogens is 276 g/mol. The Hall–Kier alpha value is -2.13. The van der Waals surface area contributed by atoms with Crippen molar-refractivity contribution in [3.8, 4) is 0 Å². The molecule has 3 rings (SSSR count). The highest BCUT2D eigenvalue weighted by Gasteiger charge is 2.21. The molecule has 0 amide bonds. The topological polar surface area (TPSA) is 46.5 Å². The Labute approximate surface area is 131 Å². The number of ether oxygens (including phenoxy) is 1. The summed E-state index contributed by atoms with van der Waals surface area (Å²) in [5.74, 6) is 0. The third-order valence-corrected chi connectivity index (χ3v) is 4.00. The van der Waals surface area contributed by atoms with Gasteiger partial charge in [0.25, 0.3) is 6.47 Å². The molecule has 0 bridgehead atoms. The van der Waals surface area contributed by atoms with Gasteiger partial charge in [0.05, 0.1) is 12.7 Å². The highest BCUT2D eigenvalue weighted by Crippen LogP contribution is 2.30. The monoisotopic (exact) mass is 298 g/mol. The standard InChI is InChI=1S/C18H20O.CH2O2/c1-2-14-7-3-4-9-16(14)13-18-17-10-6-5-8-15(17)11-12-19-18;2-1-3/h3-10,18H,2,11-13H2,1H3;1H,(H,2,3). The summed E-state index contributed by atoms with van der Waals surface area (Å²) in [7, 11) is 0. The van der Waals surface area contributed by atoms with Crippen molar-refractivity contribution in [3.63, 3.8) is 0 Å². The largest absolute Gasteiger partial charge is 0.483 e. The summed E-state index contributed by atoms with van der Waals surface area (Å²) in [5.41, 5.74) is 5.69. The molecule has 0 fully saturated rings. The fraction of sp³-hybridized carbons (Fsp3) is 0.316. The van der Waals surface area contributed by atoms with Gasteiger partial charge in [-0.2, -0.15) is 0 Å². The molecule has 1 aliphatic heterocycles. The fourth-order valence-electron chi connectivity index (χ4n) is 2.95. The molecule has 1 aliphatic rings. The van der Waals surface area contributed by atoms with Crippen LogP contribution in [0.3, 0.4) is 0 Å². The molecule has 1 unspecified atom stereocenters. The van der Waals surface area contributed by atoms with E-state index in [1.165, 1.54) is 22.3 Å². The molecule has 0 saturated heterocycles. The Bertz CT molecular complexity index is 607. The minimum Gasteiger partial charge on any atom is -0.483 e. The minimum atomic E-state index is -0.250. The quantitative estimate of drug-likeness (QED) is 0.877. The maximum Gasteiger partial charge on any atom is 0.290 e. The molecule has 3 heteroatoms. The number of carbonyl (C=O) groups is 1. The van der Waals surface area contributed by atoms with Crippen LogP contribution in [0.2, 0.25) is 0 Å². The molecular formula is C19H22O3. The van der Waals surface area contributed by atoms with Crippen LogP contribution in [0, 0.1) is 0 Å². The SMILES string of the molecule is CCc1ccccc1CC1OCCc2ccccc21.O=CO. The van der Waals surface area contributed by atoms with Crippen LogP contribution in [-0.4, -0.2) is 18.2 Å². The number of hydrogen-bond acceptors (Lipinski definition) is 2. The second kappa shape index (κ2) is 8.35. The van der Waals surface area contributed by atoms with Crippen LogP contribution in [-0.2, 0) is 28.8 Å². The van der Waals surface area contributed by atoms with Crippen molar-refractivity contribution in [3.05, 3.63) is 70.8 Å². The number of fused-ring (bicyclic) bond motifs is 1. The molecule has 1 N–H and O–H groups in total. The first-order valence-corrected chi connectivity index (χ1v) is 7.64. The maximum atomic E-state index is 8.36. The molecule has 0 spiro atoms. The van der Waals surface area contributed by atoms with E-state index < -0.39 is 0 Å². The zero-order valence-corrected chi connectivity index (χ0v) is 12.9. The van der Waals surface area contributed by atoms with Crippen LogP contribution in [0.1, 0.15) is 35.3 Å². The van der Waals surface area contributed by atoms with E-state index in [9.17, 15) is 0 Å². The van der Waals surface area contributed by atoms with Gasteiger partial charge < -0.3 is 9.84 Å². The highest BCUT2D eigenvalue weighted by molar-refractivity contribution is 5.34. The summed E-state index contributed by atoms with van der Waals surface area (Å²) in [6, 6.07) is 17.4. The van der Waals surface area contributed by atoms with Gasteiger partial charge in [0, 0.05) is 6.42 Å². The number of carboxylic acid groups (broad SMARTS) is 1. The normalized spacial score (nSPS) is 16.1. The van der Waals surface area contributed by atoms with Crippen LogP contribution < -0.4 is 0 Å². The zero-order valence-electron chi connectivity index (χ0n) is 12.9. The van der Waals surface area contributed by atoms with Gasteiger partial charge in [-0.1, -0.05) is 55.5 Å². The highest BCUT2D eigenvalue weighted by atomic mass is 16.5. The third kappa shape index (κ3) is 3.95. The predicted octanol–water partition coefficient (Wildman–Crippen LogP) is 3.81. The van der Waals surface area contributed by atoms with E-state index in [2.05, 4.69) is 55.5 Å².